The Morgan fingerprint density at radius 1 is 1.10 bits per heavy atom. The maximum absolute atomic E-state index is 14.4. The molecule has 0 radical (unpaired) electrons. The lowest BCUT2D eigenvalue weighted by Crippen LogP contribution is -2.52. The summed E-state index contributed by atoms with van der Waals surface area (Å²) >= 11 is 0. The molecule has 2 heterocycles. The molecule has 0 aromatic carbocycles. The lowest BCUT2D eigenvalue weighted by Gasteiger charge is -2.48. The summed E-state index contributed by atoms with van der Waals surface area (Å²) in [6.07, 6.45) is 17.4. The zero-order chi connectivity index (χ0) is 27.5. The molecule has 39 heavy (non-hydrogen) atoms. The Labute approximate surface area is 238 Å². The van der Waals surface area contributed by atoms with Gasteiger partial charge in [-0.2, -0.15) is 0 Å². The lowest BCUT2D eigenvalue weighted by atomic mass is 9.56. The van der Waals surface area contributed by atoms with Crippen molar-refractivity contribution in [3.8, 4) is 0 Å². The van der Waals surface area contributed by atoms with Crippen LogP contribution in [-0.4, -0.2) is 52.7 Å². The molecule has 0 unspecified atom stereocenters. The highest BCUT2D eigenvalue weighted by Crippen LogP contribution is 2.64. The molecule has 4 heteroatoms. The second-order valence-electron chi connectivity index (χ2n) is 14.9. The third-order valence-electron chi connectivity index (χ3n) is 12.6. The van der Waals surface area contributed by atoms with Gasteiger partial charge in [0, 0.05) is 30.0 Å². The summed E-state index contributed by atoms with van der Waals surface area (Å²) in [5.74, 6) is 2.46. The van der Waals surface area contributed by atoms with Gasteiger partial charge in [-0.1, -0.05) is 71.4 Å². The van der Waals surface area contributed by atoms with Crippen LogP contribution in [0.2, 0.25) is 0 Å². The van der Waals surface area contributed by atoms with E-state index in [1.54, 1.807) is 0 Å². The number of fused-ring (bicyclic) bond motifs is 6. The number of carbonyl (C=O) groups excluding carboxylic acids is 1. The first-order chi connectivity index (χ1) is 18.7. The molecule has 2 saturated heterocycles. The molecule has 4 fully saturated rings. The van der Waals surface area contributed by atoms with Crippen molar-refractivity contribution < 1.29 is 14.6 Å². The van der Waals surface area contributed by atoms with E-state index in [1.165, 1.54) is 68.3 Å². The summed E-state index contributed by atoms with van der Waals surface area (Å²) in [6, 6.07) is 0.480. The Kier molecular flexibility index (Phi) is 7.73. The Balaban J connectivity index is 1.25. The molecule has 1 N–H and O–H groups in total. The molecule has 6 aliphatic rings. The van der Waals surface area contributed by atoms with E-state index < -0.39 is 0 Å². The van der Waals surface area contributed by atoms with Crippen molar-refractivity contribution >= 4 is 5.78 Å². The normalized spacial score (nSPS) is 45.7. The van der Waals surface area contributed by atoms with E-state index in [1.807, 2.05) is 0 Å². The van der Waals surface area contributed by atoms with E-state index in [-0.39, 0.29) is 23.0 Å². The average molecular weight is 538 g/mol. The fourth-order valence-electron chi connectivity index (χ4n) is 10.7. The van der Waals surface area contributed by atoms with Crippen molar-refractivity contribution in [2.45, 2.75) is 142 Å². The van der Waals surface area contributed by atoms with Crippen molar-refractivity contribution in [3.05, 3.63) is 22.8 Å². The van der Waals surface area contributed by atoms with Gasteiger partial charge in [-0.05, 0) is 93.6 Å². The molecule has 2 saturated carbocycles. The highest BCUT2D eigenvalue weighted by molar-refractivity contribution is 6.02. The number of allylic oxidation sites excluding steroid dienone is 2. The van der Waals surface area contributed by atoms with Crippen molar-refractivity contribution in [1.82, 2.24) is 4.90 Å². The topological polar surface area (TPSA) is 49.8 Å². The van der Waals surface area contributed by atoms with Gasteiger partial charge in [0.15, 0.2) is 5.78 Å². The van der Waals surface area contributed by atoms with E-state index in [2.05, 4.69) is 45.6 Å². The minimum absolute atomic E-state index is 0.0729. The van der Waals surface area contributed by atoms with Crippen LogP contribution in [0.1, 0.15) is 118 Å². The Hall–Kier alpha value is -0.970. The molecule has 0 aromatic heterocycles. The number of piperidine rings is 1. The van der Waals surface area contributed by atoms with Gasteiger partial charge in [0.25, 0.3) is 0 Å². The SMILES string of the molecule is CCCCCCCCN1C[C@@H](C)C[C@H]2O[C@]3(CC[C@@H]4C(=C3C)C(=O)[C@H]3[C@H]4CC=C4C[C@@H](O)CC[C@@]43C)[C@H](C)[C@@H]21. The van der Waals surface area contributed by atoms with Crippen LogP contribution in [0.25, 0.3) is 0 Å². The van der Waals surface area contributed by atoms with Crippen molar-refractivity contribution in [3.63, 3.8) is 0 Å². The number of aliphatic hydroxyl groups excluding tert-OH is 1. The second kappa shape index (κ2) is 10.7. The number of ketones is 1. The molecule has 0 aromatic rings. The van der Waals surface area contributed by atoms with Gasteiger partial charge >= 0.3 is 0 Å². The number of aliphatic hydroxyl groups is 1. The smallest absolute Gasteiger partial charge is 0.163 e. The Morgan fingerprint density at radius 3 is 2.67 bits per heavy atom. The van der Waals surface area contributed by atoms with Crippen LogP contribution in [0.3, 0.4) is 0 Å². The number of ether oxygens (including phenoxy) is 1. The maximum Gasteiger partial charge on any atom is 0.163 e. The fourth-order valence-corrected chi connectivity index (χ4v) is 10.7. The monoisotopic (exact) mass is 537 g/mol. The largest absolute Gasteiger partial charge is 0.393 e. The minimum atomic E-state index is -0.270. The Morgan fingerprint density at radius 2 is 1.87 bits per heavy atom. The lowest BCUT2D eigenvalue weighted by molar-refractivity contribution is -0.123. The summed E-state index contributed by atoms with van der Waals surface area (Å²) < 4.78 is 7.24. The number of hydrogen-bond acceptors (Lipinski definition) is 4. The molecular weight excluding hydrogens is 482 g/mol. The predicted octanol–water partition coefficient (Wildman–Crippen LogP) is 7.25. The molecule has 0 amide bonds. The van der Waals surface area contributed by atoms with E-state index >= 15 is 0 Å². The van der Waals surface area contributed by atoms with E-state index in [0.717, 1.165) is 44.9 Å². The van der Waals surface area contributed by atoms with Crippen molar-refractivity contribution in [2.75, 3.05) is 13.1 Å². The first-order valence-electron chi connectivity index (χ1n) is 16.8. The zero-order valence-corrected chi connectivity index (χ0v) is 25.5. The number of carbonyl (C=O) groups is 1. The summed E-state index contributed by atoms with van der Waals surface area (Å²) in [6.45, 7) is 14.2. The van der Waals surface area contributed by atoms with E-state index in [4.69, 9.17) is 4.74 Å². The molecule has 0 bridgehead atoms. The molecule has 10 atom stereocenters. The van der Waals surface area contributed by atoms with E-state index in [9.17, 15) is 9.90 Å². The van der Waals surface area contributed by atoms with Crippen LogP contribution < -0.4 is 0 Å². The fraction of sp³-hybridized carbons (Fsp3) is 0.857. The van der Waals surface area contributed by atoms with Crippen LogP contribution in [-0.2, 0) is 9.53 Å². The zero-order valence-electron chi connectivity index (χ0n) is 25.5. The number of rotatable bonds is 7. The number of Topliss-reactive ketones (excluding diaryl/α,β-unsaturated/α-hetero) is 1. The summed E-state index contributed by atoms with van der Waals surface area (Å²) in [5, 5.41) is 10.4. The van der Waals surface area contributed by atoms with Gasteiger partial charge in [-0.3, -0.25) is 9.69 Å². The van der Waals surface area contributed by atoms with Gasteiger partial charge in [0.2, 0.25) is 0 Å². The third kappa shape index (κ3) is 4.45. The van der Waals surface area contributed by atoms with Crippen LogP contribution in [0, 0.1) is 35.0 Å². The quantitative estimate of drug-likeness (QED) is 0.274. The molecule has 4 nitrogen and oxygen atoms in total. The number of likely N-dealkylation sites (tertiary alicyclic amines) is 1. The van der Waals surface area contributed by atoms with Gasteiger partial charge in [-0.25, -0.2) is 0 Å². The highest BCUT2D eigenvalue weighted by Gasteiger charge is 2.64. The number of hydrogen-bond donors (Lipinski definition) is 1. The third-order valence-corrected chi connectivity index (χ3v) is 12.6. The molecule has 1 spiro atoms. The second-order valence-corrected chi connectivity index (χ2v) is 14.9. The predicted molar refractivity (Wildman–Crippen MR) is 157 cm³/mol. The van der Waals surface area contributed by atoms with Gasteiger partial charge < -0.3 is 9.84 Å². The van der Waals surface area contributed by atoms with Crippen molar-refractivity contribution in [1.29, 1.82) is 0 Å². The minimum Gasteiger partial charge on any atom is -0.393 e. The average Bonchev–Trinajstić information content (AvgIpc) is 3.36. The van der Waals surface area contributed by atoms with Gasteiger partial charge in [0.05, 0.1) is 17.8 Å². The van der Waals surface area contributed by atoms with E-state index in [0.29, 0.717) is 41.6 Å². The molecule has 2 aliphatic heterocycles. The summed E-state index contributed by atoms with van der Waals surface area (Å²) in [7, 11) is 0. The first-order valence-corrected chi connectivity index (χ1v) is 16.8. The molecule has 4 aliphatic carbocycles. The van der Waals surface area contributed by atoms with Crippen LogP contribution >= 0.6 is 0 Å². The first kappa shape index (κ1) is 28.2. The molecular formula is C35H55NO3. The molecule has 218 valence electrons. The summed E-state index contributed by atoms with van der Waals surface area (Å²) in [4.78, 5) is 17.2. The number of nitrogens with zero attached hydrogens (tertiary/aromatic N) is 1. The summed E-state index contributed by atoms with van der Waals surface area (Å²) in [5.41, 5.74) is 3.48. The maximum atomic E-state index is 14.4. The highest BCUT2D eigenvalue weighted by atomic mass is 16.5. The van der Waals surface area contributed by atoms with Crippen molar-refractivity contribution in [2.24, 2.45) is 35.0 Å². The van der Waals surface area contributed by atoms with Gasteiger partial charge in [-0.15, -0.1) is 0 Å². The van der Waals surface area contributed by atoms with Gasteiger partial charge in [0.1, 0.15) is 0 Å². The molecule has 6 rings (SSSR count). The standard InChI is InChI=1S/C35H55NO3/c1-6-7-8-9-10-11-18-36-21-22(2)19-29-32(36)24(4)35(39-29)17-15-27-28-13-12-25-20-26(37)14-16-34(25,5)31(28)33(38)30(27)23(35)3/h12,22,24,26-29,31-32,37H,6-11,13-21H2,1-5H3/t22-,24+,26-,27-,28-,29+,31+,32-,34-,35-/m0/s1. The van der Waals surface area contributed by atoms with Crippen LogP contribution in [0.4, 0.5) is 0 Å². The van der Waals surface area contributed by atoms with Crippen LogP contribution in [0.15, 0.2) is 22.8 Å². The number of unbranched alkanes of at least 4 members (excludes halogenated alkanes) is 5. The Bertz CT molecular complexity index is 1020. The van der Waals surface area contributed by atoms with Crippen LogP contribution in [0.5, 0.6) is 0 Å².